The number of halogens is 3. The van der Waals surface area contributed by atoms with Crippen LogP contribution in [0.3, 0.4) is 0 Å². The summed E-state index contributed by atoms with van der Waals surface area (Å²) in [6.45, 7) is 13.8. The van der Waals surface area contributed by atoms with Crippen LogP contribution in [-0.2, 0) is 9.53 Å². The number of aryl methyl sites for hydroxylation is 1. The number of benzene rings is 2. The third kappa shape index (κ3) is 9.20. The molecular weight excluding hydrogens is 749 g/mol. The number of nitrogens with zero attached hydrogens (tertiary/aromatic N) is 4. The first-order valence-corrected chi connectivity index (χ1v) is 20.0. The summed E-state index contributed by atoms with van der Waals surface area (Å²) in [6, 6.07) is 12.6. The number of hydrogen-bond acceptors (Lipinski definition) is 7. The Morgan fingerprint density at radius 2 is 1.69 bits per heavy atom. The molecule has 2 aromatic carbocycles. The second-order valence-electron chi connectivity index (χ2n) is 15.7. The second-order valence-corrected chi connectivity index (χ2v) is 16.9. The van der Waals surface area contributed by atoms with Crippen molar-refractivity contribution >= 4 is 58.5 Å². The first-order valence-electron chi connectivity index (χ1n) is 18.8. The van der Waals surface area contributed by atoms with Gasteiger partial charge in [-0.3, -0.25) is 9.59 Å². The first-order chi connectivity index (χ1) is 25.6. The van der Waals surface area contributed by atoms with Crippen LogP contribution in [0.2, 0.25) is 15.1 Å². The monoisotopic (exact) mass is 797 g/mol. The van der Waals surface area contributed by atoms with Crippen molar-refractivity contribution in [2.75, 3.05) is 37.6 Å². The lowest BCUT2D eigenvalue weighted by atomic mass is 9.79. The molecule has 13 heteroatoms. The van der Waals surface area contributed by atoms with Gasteiger partial charge in [-0.1, -0.05) is 40.9 Å². The number of anilines is 1. The number of aromatic nitrogens is 1. The summed E-state index contributed by atoms with van der Waals surface area (Å²) in [4.78, 5) is 51.7. The molecule has 1 aromatic heterocycles. The van der Waals surface area contributed by atoms with E-state index in [-0.39, 0.29) is 36.4 Å². The Morgan fingerprint density at radius 1 is 0.963 bits per heavy atom. The highest BCUT2D eigenvalue weighted by Gasteiger charge is 2.45. The predicted molar refractivity (Wildman–Crippen MR) is 213 cm³/mol. The lowest BCUT2D eigenvalue weighted by molar-refractivity contribution is -0.141. The summed E-state index contributed by atoms with van der Waals surface area (Å²) in [6.07, 6.45) is 4.42. The van der Waals surface area contributed by atoms with E-state index in [1.54, 1.807) is 23.1 Å². The molecule has 1 N–H and O–H groups in total. The van der Waals surface area contributed by atoms with Crippen LogP contribution in [0.5, 0.6) is 5.75 Å². The molecule has 2 aliphatic heterocycles. The lowest BCUT2D eigenvalue weighted by Gasteiger charge is -2.42. The molecule has 3 aromatic rings. The summed E-state index contributed by atoms with van der Waals surface area (Å²) in [5.41, 5.74) is 2.43. The topological polar surface area (TPSA) is 104 Å². The van der Waals surface area contributed by atoms with Crippen molar-refractivity contribution in [3.63, 3.8) is 0 Å². The maximum atomic E-state index is 15.0. The zero-order valence-electron chi connectivity index (χ0n) is 31.8. The van der Waals surface area contributed by atoms with Gasteiger partial charge in [0, 0.05) is 61.3 Å². The van der Waals surface area contributed by atoms with E-state index in [0.29, 0.717) is 58.0 Å². The van der Waals surface area contributed by atoms with Crippen molar-refractivity contribution < 1.29 is 23.9 Å². The zero-order valence-corrected chi connectivity index (χ0v) is 34.1. The normalized spacial score (nSPS) is 20.7. The highest BCUT2D eigenvalue weighted by atomic mass is 35.5. The van der Waals surface area contributed by atoms with Gasteiger partial charge in [-0.25, -0.2) is 9.78 Å². The van der Waals surface area contributed by atoms with Crippen molar-refractivity contribution in [1.82, 2.24) is 20.1 Å². The number of piperidine rings is 1. The van der Waals surface area contributed by atoms with Crippen molar-refractivity contribution in [2.24, 2.45) is 5.92 Å². The molecule has 6 rings (SSSR count). The van der Waals surface area contributed by atoms with Gasteiger partial charge in [-0.15, -0.1) is 0 Å². The average Bonchev–Trinajstić information content (AvgIpc) is 3.84. The number of nitrogens with one attached hydrogen (secondary N) is 1. The number of amides is 3. The Labute approximate surface area is 333 Å². The maximum Gasteiger partial charge on any atom is 0.410 e. The van der Waals surface area contributed by atoms with Gasteiger partial charge in [-0.2, -0.15) is 0 Å². The minimum atomic E-state index is -0.675. The number of likely N-dealkylation sites (tertiary alicyclic amines) is 1. The Bertz CT molecular complexity index is 1840. The van der Waals surface area contributed by atoms with E-state index >= 15 is 0 Å². The fourth-order valence-corrected chi connectivity index (χ4v) is 8.51. The molecule has 0 bridgehead atoms. The van der Waals surface area contributed by atoms with Gasteiger partial charge >= 0.3 is 6.09 Å². The fraction of sp³-hybridized carbons (Fsp3) is 0.512. The molecule has 2 saturated heterocycles. The smallest absolute Gasteiger partial charge is 0.410 e. The summed E-state index contributed by atoms with van der Waals surface area (Å²) in [5, 5.41) is 4.32. The first kappa shape index (κ1) is 39.9. The summed E-state index contributed by atoms with van der Waals surface area (Å²) < 4.78 is 12.0. The number of carbonyl (C=O) groups is 3. The zero-order chi connectivity index (χ0) is 38.9. The van der Waals surface area contributed by atoms with Crippen molar-refractivity contribution in [1.29, 1.82) is 0 Å². The van der Waals surface area contributed by atoms with Gasteiger partial charge < -0.3 is 29.5 Å². The van der Waals surface area contributed by atoms with Gasteiger partial charge in [0.1, 0.15) is 17.5 Å². The van der Waals surface area contributed by atoms with Gasteiger partial charge in [-0.05, 0) is 114 Å². The largest absolute Gasteiger partial charge is 0.485 e. The minimum Gasteiger partial charge on any atom is -0.485 e. The second kappa shape index (κ2) is 16.6. The van der Waals surface area contributed by atoms with E-state index in [2.05, 4.69) is 16.3 Å². The van der Waals surface area contributed by atoms with E-state index in [9.17, 15) is 14.4 Å². The molecule has 0 spiro atoms. The quantitative estimate of drug-likeness (QED) is 0.219. The summed E-state index contributed by atoms with van der Waals surface area (Å²) >= 11 is 19.7. The number of pyridine rings is 1. The third-order valence-corrected chi connectivity index (χ3v) is 11.2. The van der Waals surface area contributed by atoms with E-state index in [1.165, 1.54) is 0 Å². The molecule has 1 unspecified atom stereocenters. The van der Waals surface area contributed by atoms with E-state index in [4.69, 9.17) is 49.3 Å². The maximum absolute atomic E-state index is 15.0. The number of hydrogen-bond donors (Lipinski definition) is 1. The Morgan fingerprint density at radius 3 is 2.31 bits per heavy atom. The molecule has 1 saturated carbocycles. The molecule has 10 nitrogen and oxygen atoms in total. The molecule has 1 aliphatic carbocycles. The van der Waals surface area contributed by atoms with Crippen LogP contribution in [0.15, 0.2) is 48.7 Å². The fourth-order valence-electron chi connectivity index (χ4n) is 7.54. The molecule has 290 valence electrons. The van der Waals surface area contributed by atoms with Crippen LogP contribution in [0.25, 0.3) is 0 Å². The summed E-state index contributed by atoms with van der Waals surface area (Å²) in [7, 11) is 0. The number of ether oxygens (including phenoxy) is 2. The predicted octanol–water partition coefficient (Wildman–Crippen LogP) is 8.85. The van der Waals surface area contributed by atoms with Crippen LogP contribution in [-0.4, -0.2) is 83.2 Å². The Balaban J connectivity index is 1.24. The van der Waals surface area contributed by atoms with Crippen molar-refractivity contribution in [3.05, 3.63) is 86.0 Å². The molecule has 3 aliphatic rings. The van der Waals surface area contributed by atoms with E-state index in [1.807, 2.05) is 70.8 Å². The van der Waals surface area contributed by atoms with Crippen molar-refractivity contribution in [2.45, 2.75) is 96.9 Å². The van der Waals surface area contributed by atoms with Gasteiger partial charge in [0.05, 0.1) is 28.5 Å². The van der Waals surface area contributed by atoms with Crippen LogP contribution < -0.4 is 15.0 Å². The molecule has 3 fully saturated rings. The highest BCUT2D eigenvalue weighted by Crippen LogP contribution is 2.43. The average molecular weight is 799 g/mol. The van der Waals surface area contributed by atoms with Crippen LogP contribution in [0, 0.1) is 12.8 Å². The van der Waals surface area contributed by atoms with Gasteiger partial charge in [0.25, 0.3) is 5.91 Å². The number of rotatable bonds is 10. The Hall–Kier alpha value is -3.73. The molecule has 3 amide bonds. The minimum absolute atomic E-state index is 0.0322. The van der Waals surface area contributed by atoms with Crippen LogP contribution in [0.1, 0.15) is 99.3 Å². The van der Waals surface area contributed by atoms with Crippen LogP contribution >= 0.6 is 34.8 Å². The van der Waals surface area contributed by atoms with Crippen molar-refractivity contribution in [3.8, 4) is 5.75 Å². The third-order valence-electron chi connectivity index (χ3n) is 10.3. The van der Waals surface area contributed by atoms with Crippen LogP contribution in [0.4, 0.5) is 10.6 Å². The lowest BCUT2D eigenvalue weighted by Crippen LogP contribution is -2.51. The molecule has 54 heavy (non-hydrogen) atoms. The number of carbonyl (C=O) groups excluding carboxylic acids is 3. The molecule has 3 heterocycles. The molecule has 0 radical (unpaired) electrons. The Kier molecular flexibility index (Phi) is 12.2. The highest BCUT2D eigenvalue weighted by molar-refractivity contribution is 6.37. The summed E-state index contributed by atoms with van der Waals surface area (Å²) in [5.74, 6) is 0.318. The SMILES string of the molecule is CCNC(=O)c1ccc(Cl)c(C(C)N(C(=O)[C@@H]2CN(C(=O)OC(C)(C)C)CC[C@H]2c2ccc(N3CC[C@H](Oc4c(Cl)cc(C)cc4Cl)C3)nc2)C2CC2)c1. The van der Waals surface area contributed by atoms with Gasteiger partial charge in [0.2, 0.25) is 5.91 Å². The van der Waals surface area contributed by atoms with Gasteiger partial charge in [0.15, 0.2) is 5.75 Å². The standard InChI is InChI=1S/C41H50Cl3N5O5/c1-7-45-38(50)26-8-12-33(42)31(20-26)25(3)49(28-10-11-28)39(51)32-23-48(40(52)54-41(4,5)6)17-15-30(32)27-9-13-36(46-21-27)47-16-14-29(22-47)53-37-34(43)18-24(2)19-35(37)44/h8-9,12-13,18-21,25,28-30,32H,7,10-11,14-17,22-23H2,1-6H3,(H,45,50)/t25?,29-,30-,32+/m0/s1. The van der Waals surface area contributed by atoms with E-state index in [0.717, 1.165) is 42.8 Å². The molecule has 4 atom stereocenters. The van der Waals surface area contributed by atoms with E-state index < -0.39 is 23.7 Å². The molecular formula is C41H50Cl3N5O5.